The van der Waals surface area contributed by atoms with Crippen LogP contribution in [0.1, 0.15) is 21.5 Å². The lowest BCUT2D eigenvalue weighted by molar-refractivity contribution is 0.0951. The van der Waals surface area contributed by atoms with Crippen molar-refractivity contribution < 1.29 is 4.79 Å². The second-order valence-electron chi connectivity index (χ2n) is 4.25. The number of halogens is 1. The van der Waals surface area contributed by atoms with Crippen molar-refractivity contribution in [2.75, 3.05) is 0 Å². The molecule has 0 aliphatic rings. The normalized spacial score (nSPS) is 10.1. The molecule has 2 aromatic carbocycles. The van der Waals surface area contributed by atoms with E-state index in [1.165, 1.54) is 0 Å². The molecule has 5 heteroatoms. The Morgan fingerprint density at radius 3 is 2.45 bits per heavy atom. The monoisotopic (exact) mass is 396 g/mol. The summed E-state index contributed by atoms with van der Waals surface area (Å²) < 4.78 is 1.04. The van der Waals surface area contributed by atoms with Gasteiger partial charge in [0.2, 0.25) is 0 Å². The van der Waals surface area contributed by atoms with Crippen LogP contribution in [-0.2, 0) is 6.54 Å². The molecule has 0 saturated carbocycles. The number of rotatable bonds is 4. The van der Waals surface area contributed by atoms with Crippen molar-refractivity contribution >= 4 is 45.7 Å². The van der Waals surface area contributed by atoms with E-state index < -0.39 is 0 Å². The van der Waals surface area contributed by atoms with Crippen LogP contribution >= 0.6 is 34.8 Å². The summed E-state index contributed by atoms with van der Waals surface area (Å²) in [6.07, 6.45) is 0. The lowest BCUT2D eigenvalue weighted by Crippen LogP contribution is -2.22. The van der Waals surface area contributed by atoms with Gasteiger partial charge in [0.05, 0.1) is 0 Å². The quantitative estimate of drug-likeness (QED) is 0.618. The van der Waals surface area contributed by atoms with E-state index in [-0.39, 0.29) is 5.91 Å². The third kappa shape index (κ3) is 4.01. The van der Waals surface area contributed by atoms with E-state index in [1.54, 1.807) is 6.07 Å². The van der Waals surface area contributed by atoms with Crippen LogP contribution in [-0.4, -0.2) is 10.9 Å². The average Bonchev–Trinajstić information content (AvgIpc) is 2.45. The summed E-state index contributed by atoms with van der Waals surface area (Å²) in [5, 5.41) is 2.88. The number of benzene rings is 2. The van der Waals surface area contributed by atoms with E-state index in [4.69, 9.17) is 18.0 Å². The van der Waals surface area contributed by atoms with Crippen molar-refractivity contribution in [1.29, 1.82) is 0 Å². The Balaban J connectivity index is 1.98. The molecule has 0 atom stereocenters. The fourth-order valence-corrected chi connectivity index (χ4v) is 2.38. The molecule has 3 nitrogen and oxygen atoms in total. The van der Waals surface area contributed by atoms with Crippen LogP contribution in [0.5, 0.6) is 0 Å². The first-order chi connectivity index (χ1) is 9.56. The minimum atomic E-state index is -0.0815. The van der Waals surface area contributed by atoms with Gasteiger partial charge < -0.3 is 11.1 Å². The molecule has 2 rings (SSSR count). The highest BCUT2D eigenvalue weighted by molar-refractivity contribution is 14.1. The Hall–Kier alpha value is -1.47. The van der Waals surface area contributed by atoms with Crippen molar-refractivity contribution in [2.45, 2.75) is 6.54 Å². The van der Waals surface area contributed by atoms with E-state index in [2.05, 4.69) is 27.9 Å². The predicted octanol–water partition coefficient (Wildman–Crippen LogP) is 2.86. The predicted molar refractivity (Wildman–Crippen MR) is 92.7 cm³/mol. The van der Waals surface area contributed by atoms with Gasteiger partial charge in [0.15, 0.2) is 0 Å². The summed E-state index contributed by atoms with van der Waals surface area (Å²) in [6, 6.07) is 15.0. The molecule has 0 aliphatic carbocycles. The van der Waals surface area contributed by atoms with Crippen molar-refractivity contribution in [3.8, 4) is 0 Å². The highest BCUT2D eigenvalue weighted by Gasteiger charge is 2.05. The lowest BCUT2D eigenvalue weighted by Gasteiger charge is -2.06. The third-order valence-electron chi connectivity index (χ3n) is 2.78. The number of nitrogens with one attached hydrogen (secondary N) is 1. The van der Waals surface area contributed by atoms with Crippen molar-refractivity contribution in [1.82, 2.24) is 5.32 Å². The largest absolute Gasteiger partial charge is 0.389 e. The van der Waals surface area contributed by atoms with Crippen molar-refractivity contribution in [3.05, 3.63) is 68.8 Å². The highest BCUT2D eigenvalue weighted by Crippen LogP contribution is 2.08. The van der Waals surface area contributed by atoms with Gasteiger partial charge in [-0.1, -0.05) is 42.5 Å². The van der Waals surface area contributed by atoms with Crippen LogP contribution in [0.25, 0.3) is 0 Å². The van der Waals surface area contributed by atoms with Crippen LogP contribution < -0.4 is 11.1 Å². The van der Waals surface area contributed by atoms with Gasteiger partial charge >= 0.3 is 0 Å². The standard InChI is InChI=1S/C15H13IN2OS/c16-13-3-1-2-12(8-13)15(19)18-9-10-4-6-11(7-5-10)14(17)20/h1-8H,9H2,(H2,17,20)(H,18,19). The molecule has 0 fully saturated rings. The van der Waals surface area contributed by atoms with Crippen LogP contribution in [0.4, 0.5) is 0 Å². The highest BCUT2D eigenvalue weighted by atomic mass is 127. The van der Waals surface area contributed by atoms with Gasteiger partial charge in [0.25, 0.3) is 5.91 Å². The van der Waals surface area contributed by atoms with Gasteiger partial charge in [0, 0.05) is 21.2 Å². The van der Waals surface area contributed by atoms with Crippen LogP contribution in [0.3, 0.4) is 0 Å². The summed E-state index contributed by atoms with van der Waals surface area (Å²) in [7, 11) is 0. The molecule has 102 valence electrons. The number of nitrogens with two attached hydrogens (primary N) is 1. The zero-order valence-corrected chi connectivity index (χ0v) is 13.6. The number of hydrogen-bond acceptors (Lipinski definition) is 2. The Kier molecular flexibility index (Phi) is 5.08. The maximum atomic E-state index is 12.0. The molecule has 0 aliphatic heterocycles. The minimum Gasteiger partial charge on any atom is -0.389 e. The summed E-state index contributed by atoms with van der Waals surface area (Å²) in [5.41, 5.74) is 8.03. The topological polar surface area (TPSA) is 55.1 Å². The Morgan fingerprint density at radius 1 is 1.15 bits per heavy atom. The Labute approximate surface area is 136 Å². The molecule has 0 saturated heterocycles. The molecule has 3 N–H and O–H groups in total. The summed E-state index contributed by atoms with van der Waals surface area (Å²) in [6.45, 7) is 0.474. The van der Waals surface area contributed by atoms with E-state index in [1.807, 2.05) is 42.5 Å². The minimum absolute atomic E-state index is 0.0815. The molecule has 0 heterocycles. The summed E-state index contributed by atoms with van der Waals surface area (Å²) >= 11 is 7.08. The van der Waals surface area contributed by atoms with Crippen molar-refractivity contribution in [3.63, 3.8) is 0 Å². The van der Waals surface area contributed by atoms with E-state index in [9.17, 15) is 4.79 Å². The number of thiocarbonyl (C=S) groups is 1. The second-order valence-corrected chi connectivity index (χ2v) is 5.94. The van der Waals surface area contributed by atoms with E-state index in [0.29, 0.717) is 17.1 Å². The Bertz CT molecular complexity index is 641. The first-order valence-electron chi connectivity index (χ1n) is 5.99. The molecule has 0 radical (unpaired) electrons. The van der Waals surface area contributed by atoms with E-state index >= 15 is 0 Å². The number of carbonyl (C=O) groups excluding carboxylic acids is 1. The second kappa shape index (κ2) is 6.81. The first kappa shape index (κ1) is 14.9. The van der Waals surface area contributed by atoms with Gasteiger partial charge in [0.1, 0.15) is 4.99 Å². The zero-order valence-electron chi connectivity index (χ0n) is 10.6. The van der Waals surface area contributed by atoms with Gasteiger partial charge in [-0.15, -0.1) is 0 Å². The van der Waals surface area contributed by atoms with E-state index in [0.717, 1.165) is 14.7 Å². The average molecular weight is 396 g/mol. The van der Waals surface area contributed by atoms with Crippen molar-refractivity contribution in [2.24, 2.45) is 5.73 Å². The smallest absolute Gasteiger partial charge is 0.251 e. The summed E-state index contributed by atoms with van der Waals surface area (Å²) in [4.78, 5) is 12.4. The fraction of sp³-hybridized carbons (Fsp3) is 0.0667. The SMILES string of the molecule is NC(=S)c1ccc(CNC(=O)c2cccc(I)c2)cc1. The fourth-order valence-electron chi connectivity index (χ4n) is 1.70. The third-order valence-corrected chi connectivity index (χ3v) is 3.69. The van der Waals surface area contributed by atoms with Gasteiger partial charge in [-0.3, -0.25) is 4.79 Å². The molecular formula is C15H13IN2OS. The van der Waals surface area contributed by atoms with Gasteiger partial charge in [-0.25, -0.2) is 0 Å². The summed E-state index contributed by atoms with van der Waals surface area (Å²) in [5.74, 6) is -0.0815. The molecule has 1 amide bonds. The zero-order chi connectivity index (χ0) is 14.5. The molecule has 0 spiro atoms. The first-order valence-corrected chi connectivity index (χ1v) is 7.47. The van der Waals surface area contributed by atoms with Crippen LogP contribution in [0, 0.1) is 3.57 Å². The number of amides is 1. The molecule has 0 unspecified atom stereocenters. The lowest BCUT2D eigenvalue weighted by atomic mass is 10.1. The molecule has 0 bridgehead atoms. The number of carbonyl (C=O) groups is 1. The van der Waals surface area contributed by atoms with Crippen LogP contribution in [0.2, 0.25) is 0 Å². The molecule has 0 aromatic heterocycles. The Morgan fingerprint density at radius 2 is 1.85 bits per heavy atom. The maximum absolute atomic E-state index is 12.0. The maximum Gasteiger partial charge on any atom is 0.251 e. The van der Waals surface area contributed by atoms with Crippen LogP contribution in [0.15, 0.2) is 48.5 Å². The number of hydrogen-bond donors (Lipinski definition) is 2. The molecular weight excluding hydrogens is 383 g/mol. The van der Waals surface area contributed by atoms with Gasteiger partial charge in [-0.2, -0.15) is 0 Å². The molecule has 20 heavy (non-hydrogen) atoms. The van der Waals surface area contributed by atoms with Gasteiger partial charge in [-0.05, 0) is 46.4 Å². The molecule has 2 aromatic rings.